The molecule has 3 fully saturated rings. The molecule has 3 aliphatic heterocycles. The Bertz CT molecular complexity index is 1190. The number of Topliss-reactive ketones (excluding diaryl/α,β-unsaturated/α-hetero) is 1. The fraction of sp³-hybridized carbons (Fsp3) is 0.947. The van der Waals surface area contributed by atoms with Crippen LogP contribution >= 0.6 is 0 Å². The molecule has 0 aromatic rings. The van der Waals surface area contributed by atoms with Crippen molar-refractivity contribution in [3.05, 3.63) is 0 Å². The Morgan fingerprint density at radius 3 is 1.98 bits per heavy atom. The van der Waals surface area contributed by atoms with Gasteiger partial charge in [-0.2, -0.15) is 0 Å². The van der Waals surface area contributed by atoms with Gasteiger partial charge in [0.15, 0.2) is 12.6 Å². The van der Waals surface area contributed by atoms with Gasteiger partial charge < -0.3 is 58.5 Å². The Morgan fingerprint density at radius 1 is 0.846 bits per heavy atom. The van der Waals surface area contributed by atoms with Gasteiger partial charge in [-0.25, -0.2) is 0 Å². The van der Waals surface area contributed by atoms with Gasteiger partial charge in [0.25, 0.3) is 0 Å². The number of aliphatic hydroxyl groups is 4. The van der Waals surface area contributed by atoms with E-state index in [1.54, 1.807) is 48.5 Å². The first-order valence-corrected chi connectivity index (χ1v) is 18.9. The molecule has 14 heteroatoms. The standard InChI is InChI=1S/C38H69NO13/c1-15-26-38(10,45)31(42)21(4)28(40)19(2)17-37(9,47-14)33(52-35-29(41)25(39(11)12)16-20(3)48-35)22(5)30(23(6)34(44)50-26)51-27-18-36(8,46-13)32(43)24(7)49-27/h19-27,29-33,35,41-43,45H,15-18H2,1-14H3/t19-,20+,21+,22-,23+,24-,25-,26-,27-,29+,30-,31+,32-,33+,35-,36+,37+,38+/m0/s1. The van der Waals surface area contributed by atoms with Gasteiger partial charge in [-0.15, -0.1) is 0 Å². The molecule has 0 spiro atoms. The molecule has 3 aliphatic rings. The number of cyclic esters (lactones) is 1. The zero-order valence-corrected chi connectivity index (χ0v) is 33.9. The van der Waals surface area contributed by atoms with Gasteiger partial charge >= 0.3 is 5.97 Å². The average molecular weight is 748 g/mol. The summed E-state index contributed by atoms with van der Waals surface area (Å²) in [6.45, 7) is 17.1. The lowest BCUT2D eigenvalue weighted by atomic mass is 9.74. The van der Waals surface area contributed by atoms with Crippen LogP contribution in [0.15, 0.2) is 0 Å². The fourth-order valence-electron chi connectivity index (χ4n) is 8.58. The average Bonchev–Trinajstić information content (AvgIpc) is 3.09. The quantitative estimate of drug-likeness (QED) is 0.266. The summed E-state index contributed by atoms with van der Waals surface area (Å²) in [5, 5.41) is 45.6. The van der Waals surface area contributed by atoms with Crippen LogP contribution in [0, 0.1) is 23.7 Å². The minimum absolute atomic E-state index is 0.111. The second-order valence-corrected chi connectivity index (χ2v) is 16.6. The maximum Gasteiger partial charge on any atom is 0.311 e. The molecule has 0 unspecified atom stereocenters. The van der Waals surface area contributed by atoms with E-state index in [2.05, 4.69) is 0 Å². The second kappa shape index (κ2) is 17.7. The lowest BCUT2D eigenvalue weighted by Gasteiger charge is -2.50. The molecule has 52 heavy (non-hydrogen) atoms. The molecule has 0 amide bonds. The molecule has 0 aliphatic carbocycles. The van der Waals surface area contributed by atoms with Crippen molar-refractivity contribution in [2.45, 2.75) is 179 Å². The first-order valence-electron chi connectivity index (χ1n) is 18.9. The predicted molar refractivity (Wildman–Crippen MR) is 191 cm³/mol. The Hall–Kier alpha value is -1.30. The van der Waals surface area contributed by atoms with Crippen molar-refractivity contribution >= 4 is 11.8 Å². The highest BCUT2D eigenvalue weighted by Gasteiger charge is 2.54. The van der Waals surface area contributed by atoms with E-state index < -0.39 is 102 Å². The summed E-state index contributed by atoms with van der Waals surface area (Å²) < 4.78 is 43.9. The molecule has 14 nitrogen and oxygen atoms in total. The number of hydrogen-bond donors (Lipinski definition) is 4. The topological polar surface area (TPSA) is 183 Å². The number of ketones is 1. The normalized spacial score (nSPS) is 49.0. The van der Waals surface area contributed by atoms with E-state index in [-0.39, 0.29) is 37.2 Å². The molecule has 4 N–H and O–H groups in total. The van der Waals surface area contributed by atoms with Crippen LogP contribution in [-0.4, -0.2) is 150 Å². The molecule has 304 valence electrons. The highest BCUT2D eigenvalue weighted by atomic mass is 16.7. The van der Waals surface area contributed by atoms with Crippen molar-refractivity contribution in [3.8, 4) is 0 Å². The van der Waals surface area contributed by atoms with Gasteiger partial charge in [0, 0.05) is 44.4 Å². The highest BCUT2D eigenvalue weighted by molar-refractivity contribution is 5.83. The smallest absolute Gasteiger partial charge is 0.311 e. The Kier molecular flexibility index (Phi) is 15.3. The van der Waals surface area contributed by atoms with E-state index in [1.807, 2.05) is 32.8 Å². The van der Waals surface area contributed by atoms with Gasteiger partial charge in [-0.1, -0.05) is 27.7 Å². The van der Waals surface area contributed by atoms with Gasteiger partial charge in [0.1, 0.15) is 29.7 Å². The summed E-state index contributed by atoms with van der Waals surface area (Å²) in [4.78, 5) is 30.1. The number of carbonyl (C=O) groups is 2. The van der Waals surface area contributed by atoms with Gasteiger partial charge in [-0.05, 0) is 74.9 Å². The first kappa shape index (κ1) is 45.1. The van der Waals surface area contributed by atoms with Crippen LogP contribution in [0.5, 0.6) is 0 Å². The van der Waals surface area contributed by atoms with Gasteiger partial charge in [0.05, 0.1) is 47.6 Å². The van der Waals surface area contributed by atoms with E-state index in [0.717, 1.165) is 0 Å². The van der Waals surface area contributed by atoms with E-state index >= 15 is 0 Å². The van der Waals surface area contributed by atoms with E-state index in [0.29, 0.717) is 6.42 Å². The molecule has 0 aromatic heterocycles. The van der Waals surface area contributed by atoms with Gasteiger partial charge in [-0.3, -0.25) is 9.59 Å². The molecule has 0 saturated carbocycles. The summed E-state index contributed by atoms with van der Waals surface area (Å²) in [7, 11) is 6.77. The molecular weight excluding hydrogens is 678 g/mol. The lowest BCUT2D eigenvalue weighted by molar-refractivity contribution is -0.319. The SMILES string of the molecule is CC[C@@H]1OC(=O)[C@H](C)[C@@H](O[C@H]2C[C@@](C)(OC)[C@@H](O)[C@H](C)O2)[C@H](C)[C@@H](O[C@@H]2O[C@H](C)C[C@H](N(C)C)[C@H]2O)[C@](C)(OC)C[C@H](C)C(=O)[C@@H](C)[C@@H](O)[C@]1(C)O. The number of esters is 1. The lowest BCUT2D eigenvalue weighted by Crippen LogP contribution is -2.61. The van der Waals surface area contributed by atoms with Crippen LogP contribution in [0.25, 0.3) is 0 Å². The summed E-state index contributed by atoms with van der Waals surface area (Å²) in [6, 6.07) is -0.283. The van der Waals surface area contributed by atoms with Crippen molar-refractivity contribution in [3.63, 3.8) is 0 Å². The highest BCUT2D eigenvalue weighted by Crippen LogP contribution is 2.41. The van der Waals surface area contributed by atoms with Crippen molar-refractivity contribution in [1.82, 2.24) is 4.90 Å². The molecule has 3 saturated heterocycles. The summed E-state index contributed by atoms with van der Waals surface area (Å²) >= 11 is 0. The number of aliphatic hydroxyl groups excluding tert-OH is 3. The third-order valence-corrected chi connectivity index (χ3v) is 12.3. The second-order valence-electron chi connectivity index (χ2n) is 16.6. The molecular formula is C38H69NO13. The van der Waals surface area contributed by atoms with Crippen LogP contribution < -0.4 is 0 Å². The number of rotatable bonds is 8. The predicted octanol–water partition coefficient (Wildman–Crippen LogP) is 2.44. The van der Waals surface area contributed by atoms with E-state index in [4.69, 9.17) is 33.2 Å². The van der Waals surface area contributed by atoms with Crippen LogP contribution in [0.3, 0.4) is 0 Å². The number of methoxy groups -OCH3 is 2. The van der Waals surface area contributed by atoms with Crippen LogP contribution in [0.4, 0.5) is 0 Å². The van der Waals surface area contributed by atoms with Crippen molar-refractivity contribution < 1.29 is 63.2 Å². The fourth-order valence-corrected chi connectivity index (χ4v) is 8.58. The molecule has 0 bridgehead atoms. The number of nitrogens with zero attached hydrogens (tertiary/aromatic N) is 1. The van der Waals surface area contributed by atoms with Crippen LogP contribution in [0.1, 0.15) is 94.9 Å². The van der Waals surface area contributed by atoms with E-state index in [9.17, 15) is 30.0 Å². The number of ether oxygens (including phenoxy) is 7. The maximum atomic E-state index is 14.2. The minimum atomic E-state index is -1.96. The molecule has 18 atom stereocenters. The molecule has 0 radical (unpaired) electrons. The van der Waals surface area contributed by atoms with Crippen molar-refractivity contribution in [1.29, 1.82) is 0 Å². The third kappa shape index (κ3) is 9.38. The van der Waals surface area contributed by atoms with Crippen molar-refractivity contribution in [2.24, 2.45) is 23.7 Å². The van der Waals surface area contributed by atoms with Crippen LogP contribution in [-0.2, 0) is 42.7 Å². The first-order chi connectivity index (χ1) is 24.0. The third-order valence-electron chi connectivity index (χ3n) is 12.3. The number of hydrogen-bond acceptors (Lipinski definition) is 14. The summed E-state index contributed by atoms with van der Waals surface area (Å²) in [5.74, 6) is -4.47. The Morgan fingerprint density at radius 2 is 1.44 bits per heavy atom. The minimum Gasteiger partial charge on any atom is -0.459 e. The van der Waals surface area contributed by atoms with Crippen LogP contribution in [0.2, 0.25) is 0 Å². The molecule has 3 rings (SSSR count). The number of carbonyl (C=O) groups excluding carboxylic acids is 2. The molecule has 3 heterocycles. The number of likely N-dealkylation sites (N-methyl/N-ethyl adjacent to an activating group) is 1. The Labute approximate surface area is 310 Å². The zero-order valence-electron chi connectivity index (χ0n) is 33.9. The summed E-state index contributed by atoms with van der Waals surface area (Å²) in [6.07, 6.45) is -8.73. The van der Waals surface area contributed by atoms with Gasteiger partial charge in [0.2, 0.25) is 0 Å². The maximum absolute atomic E-state index is 14.2. The monoisotopic (exact) mass is 747 g/mol. The molecule has 0 aromatic carbocycles. The van der Waals surface area contributed by atoms with E-state index in [1.165, 1.54) is 21.1 Å². The Balaban J connectivity index is 2.22. The summed E-state index contributed by atoms with van der Waals surface area (Å²) in [5.41, 5.74) is -4.24. The van der Waals surface area contributed by atoms with Crippen molar-refractivity contribution in [2.75, 3.05) is 28.3 Å². The largest absolute Gasteiger partial charge is 0.459 e. The zero-order chi connectivity index (χ0) is 39.7.